The molecule has 0 bridgehead atoms. The van der Waals surface area contributed by atoms with Crippen LogP contribution in [0.1, 0.15) is 50.1 Å². The monoisotopic (exact) mass is 505 g/mol. The minimum Gasteiger partial charge on any atom is -0.343 e. The first-order valence-electron chi connectivity index (χ1n) is 12.2. The van der Waals surface area contributed by atoms with Gasteiger partial charge in [0.05, 0.1) is 18.2 Å². The van der Waals surface area contributed by atoms with Crippen molar-refractivity contribution in [3.8, 4) is 0 Å². The van der Waals surface area contributed by atoms with Crippen LogP contribution in [-0.2, 0) is 19.6 Å². The highest BCUT2D eigenvalue weighted by atomic mass is 32.2. The molecule has 1 N–H and O–H groups in total. The zero-order chi connectivity index (χ0) is 24.1. The van der Waals surface area contributed by atoms with Crippen LogP contribution in [0.25, 0.3) is 0 Å². The summed E-state index contributed by atoms with van der Waals surface area (Å²) < 4.78 is 24.7. The van der Waals surface area contributed by atoms with Gasteiger partial charge in [0, 0.05) is 38.4 Å². The number of piperidine rings is 2. The lowest BCUT2D eigenvalue weighted by atomic mass is 9.92. The summed E-state index contributed by atoms with van der Waals surface area (Å²) in [4.78, 5) is 31.1. The maximum atomic E-state index is 13.5. The molecule has 0 saturated carbocycles. The van der Waals surface area contributed by atoms with E-state index in [1.54, 1.807) is 11.8 Å². The largest absolute Gasteiger partial charge is 0.343 e. The molecule has 1 aromatic carbocycles. The molecule has 3 aliphatic heterocycles. The molecule has 2 fully saturated rings. The molecule has 0 spiro atoms. The lowest BCUT2D eigenvalue weighted by molar-refractivity contribution is -0.137. The SMILES string of the molecule is CS(=O)(=O)NCCC(=O)N1CCC(C2=CC(C(=O)N3CCCCC3c3ccccc3)CS2)CC1. The third-order valence-electron chi connectivity index (χ3n) is 7.04. The number of likely N-dealkylation sites (tertiary alicyclic amines) is 2. The summed E-state index contributed by atoms with van der Waals surface area (Å²) in [7, 11) is -3.27. The maximum absolute atomic E-state index is 13.5. The summed E-state index contributed by atoms with van der Waals surface area (Å²) in [6.45, 7) is 2.34. The molecule has 0 radical (unpaired) electrons. The van der Waals surface area contributed by atoms with Crippen molar-refractivity contribution >= 4 is 33.6 Å². The quantitative estimate of drug-likeness (QED) is 0.615. The first-order valence-corrected chi connectivity index (χ1v) is 15.1. The first kappa shape index (κ1) is 25.3. The Morgan fingerprint density at radius 1 is 1.06 bits per heavy atom. The van der Waals surface area contributed by atoms with Crippen molar-refractivity contribution in [1.29, 1.82) is 0 Å². The predicted molar refractivity (Wildman–Crippen MR) is 136 cm³/mol. The van der Waals surface area contributed by atoms with Crippen molar-refractivity contribution in [3.05, 3.63) is 46.9 Å². The highest BCUT2D eigenvalue weighted by molar-refractivity contribution is 8.03. The lowest BCUT2D eigenvalue weighted by Gasteiger charge is -2.37. The van der Waals surface area contributed by atoms with Crippen molar-refractivity contribution < 1.29 is 18.0 Å². The third-order valence-corrected chi connectivity index (χ3v) is 9.09. The molecule has 0 aliphatic carbocycles. The van der Waals surface area contributed by atoms with Gasteiger partial charge in [0.1, 0.15) is 0 Å². The van der Waals surface area contributed by atoms with Crippen LogP contribution in [0.5, 0.6) is 0 Å². The van der Waals surface area contributed by atoms with E-state index in [2.05, 4.69) is 40.0 Å². The van der Waals surface area contributed by atoms with Gasteiger partial charge < -0.3 is 9.80 Å². The first-order chi connectivity index (χ1) is 16.3. The smallest absolute Gasteiger partial charge is 0.230 e. The van der Waals surface area contributed by atoms with E-state index in [9.17, 15) is 18.0 Å². The number of amides is 2. The van der Waals surface area contributed by atoms with Gasteiger partial charge in [0.15, 0.2) is 0 Å². The number of sulfonamides is 1. The highest BCUT2D eigenvalue weighted by Gasteiger charge is 2.35. The van der Waals surface area contributed by atoms with E-state index in [1.165, 1.54) is 10.5 Å². The van der Waals surface area contributed by atoms with E-state index in [0.717, 1.165) is 50.7 Å². The van der Waals surface area contributed by atoms with Gasteiger partial charge in [-0.1, -0.05) is 36.4 Å². The lowest BCUT2D eigenvalue weighted by Crippen LogP contribution is -2.41. The molecule has 4 rings (SSSR count). The number of carbonyl (C=O) groups is 2. The minimum atomic E-state index is -3.27. The van der Waals surface area contributed by atoms with Crippen LogP contribution in [0.15, 0.2) is 41.3 Å². The Morgan fingerprint density at radius 3 is 2.50 bits per heavy atom. The number of nitrogens with one attached hydrogen (secondary N) is 1. The van der Waals surface area contributed by atoms with Gasteiger partial charge in [-0.15, -0.1) is 11.8 Å². The van der Waals surface area contributed by atoms with E-state index < -0.39 is 10.0 Å². The predicted octanol–water partition coefficient (Wildman–Crippen LogP) is 3.17. The number of rotatable bonds is 7. The molecule has 2 saturated heterocycles. The average molecular weight is 506 g/mol. The topological polar surface area (TPSA) is 86.8 Å². The van der Waals surface area contributed by atoms with Crippen LogP contribution in [0.3, 0.4) is 0 Å². The van der Waals surface area contributed by atoms with Crippen LogP contribution in [-0.4, -0.2) is 68.2 Å². The standard InChI is InChI=1S/C25H35N3O4S2/c1-34(31,32)26-13-10-24(29)27-15-11-20(12-16-27)23-17-21(18-33-23)25(30)28-14-6-5-9-22(28)19-7-3-2-4-8-19/h2-4,7-8,17,20-22,26H,5-6,9-16,18H2,1H3. The third kappa shape index (κ3) is 6.43. The van der Waals surface area contributed by atoms with Gasteiger partial charge in [-0.25, -0.2) is 13.1 Å². The van der Waals surface area contributed by atoms with Crippen LogP contribution >= 0.6 is 11.8 Å². The van der Waals surface area contributed by atoms with Crippen molar-refractivity contribution in [2.45, 2.75) is 44.6 Å². The molecule has 9 heteroatoms. The average Bonchev–Trinajstić information content (AvgIpc) is 3.34. The summed E-state index contributed by atoms with van der Waals surface area (Å²) in [5.74, 6) is 1.38. The molecule has 186 valence electrons. The molecular formula is C25H35N3O4S2. The molecular weight excluding hydrogens is 470 g/mol. The van der Waals surface area contributed by atoms with Gasteiger partial charge in [-0.3, -0.25) is 9.59 Å². The fourth-order valence-corrected chi connectivity index (χ4v) is 7.04. The second-order valence-corrected chi connectivity index (χ2v) is 12.4. The minimum absolute atomic E-state index is 0.00670. The van der Waals surface area contributed by atoms with Crippen LogP contribution in [0.4, 0.5) is 0 Å². The van der Waals surface area contributed by atoms with Crippen LogP contribution in [0.2, 0.25) is 0 Å². The van der Waals surface area contributed by atoms with Gasteiger partial charge in [-0.2, -0.15) is 0 Å². The van der Waals surface area contributed by atoms with Crippen molar-refractivity contribution in [2.24, 2.45) is 11.8 Å². The van der Waals surface area contributed by atoms with E-state index >= 15 is 0 Å². The van der Waals surface area contributed by atoms with E-state index in [1.807, 2.05) is 11.0 Å². The van der Waals surface area contributed by atoms with E-state index in [4.69, 9.17) is 0 Å². The molecule has 2 unspecified atom stereocenters. The van der Waals surface area contributed by atoms with E-state index in [0.29, 0.717) is 19.0 Å². The Bertz CT molecular complexity index is 1000. The zero-order valence-electron chi connectivity index (χ0n) is 19.8. The normalized spacial score (nSPS) is 24.2. The summed E-state index contributed by atoms with van der Waals surface area (Å²) in [6.07, 6.45) is 8.51. The number of nitrogens with zero attached hydrogens (tertiary/aromatic N) is 2. The van der Waals surface area contributed by atoms with Crippen LogP contribution < -0.4 is 4.72 Å². The second kappa shape index (κ2) is 11.3. The summed E-state index contributed by atoms with van der Waals surface area (Å²) in [5.41, 5.74) is 1.23. The Kier molecular flexibility index (Phi) is 8.37. The summed E-state index contributed by atoms with van der Waals surface area (Å²) in [5, 5.41) is 0. The number of hydrogen-bond acceptors (Lipinski definition) is 5. The van der Waals surface area contributed by atoms with Crippen molar-refractivity contribution in [2.75, 3.05) is 38.2 Å². The van der Waals surface area contributed by atoms with Gasteiger partial charge in [-0.05, 0) is 48.5 Å². The van der Waals surface area contributed by atoms with Gasteiger partial charge in [0.2, 0.25) is 21.8 Å². The summed E-state index contributed by atoms with van der Waals surface area (Å²) >= 11 is 1.81. The fraction of sp³-hybridized carbons (Fsp3) is 0.600. The zero-order valence-corrected chi connectivity index (χ0v) is 21.5. The number of allylic oxidation sites excluding steroid dienone is 1. The maximum Gasteiger partial charge on any atom is 0.230 e. The number of benzene rings is 1. The summed E-state index contributed by atoms with van der Waals surface area (Å²) in [6, 6.07) is 10.6. The number of carbonyl (C=O) groups excluding carboxylic acids is 2. The molecule has 0 aromatic heterocycles. The van der Waals surface area contributed by atoms with Crippen molar-refractivity contribution in [1.82, 2.24) is 14.5 Å². The van der Waals surface area contributed by atoms with Gasteiger partial charge >= 0.3 is 0 Å². The number of hydrogen-bond donors (Lipinski definition) is 1. The van der Waals surface area contributed by atoms with E-state index in [-0.39, 0.29) is 36.7 Å². The molecule has 7 nitrogen and oxygen atoms in total. The molecule has 3 aliphatic rings. The number of thioether (sulfide) groups is 1. The molecule has 3 heterocycles. The second-order valence-electron chi connectivity index (χ2n) is 9.51. The van der Waals surface area contributed by atoms with Crippen LogP contribution in [0, 0.1) is 11.8 Å². The highest BCUT2D eigenvalue weighted by Crippen LogP contribution is 2.41. The molecule has 2 amide bonds. The van der Waals surface area contributed by atoms with Gasteiger partial charge in [0.25, 0.3) is 0 Å². The van der Waals surface area contributed by atoms with Crippen molar-refractivity contribution in [3.63, 3.8) is 0 Å². The molecule has 2 atom stereocenters. The Hall–Kier alpha value is -1.84. The Labute approximate surface area is 207 Å². The molecule has 34 heavy (non-hydrogen) atoms. The Balaban J connectivity index is 1.30. The molecule has 1 aromatic rings. The Morgan fingerprint density at radius 2 is 1.79 bits per heavy atom. The fourth-order valence-electron chi connectivity index (χ4n) is 5.22.